The van der Waals surface area contributed by atoms with E-state index in [9.17, 15) is 14.4 Å². The van der Waals surface area contributed by atoms with Crippen LogP contribution in [0.5, 0.6) is 0 Å². The van der Waals surface area contributed by atoms with Gasteiger partial charge < -0.3 is 20.3 Å². The van der Waals surface area contributed by atoms with Crippen LogP contribution in [0, 0.1) is 5.92 Å². The second kappa shape index (κ2) is 7.84. The number of anilines is 1. The molecule has 2 aliphatic rings. The first-order valence-corrected chi connectivity index (χ1v) is 10.1. The number of carbonyl (C=O) groups excluding carboxylic acids is 3. The molecule has 8 nitrogen and oxygen atoms in total. The summed E-state index contributed by atoms with van der Waals surface area (Å²) in [4.78, 5) is 43.5. The summed E-state index contributed by atoms with van der Waals surface area (Å²) in [5.74, 6) is -0.620. The number of piperidine rings is 1. The Labute approximate surface area is 162 Å². The van der Waals surface area contributed by atoms with Crippen LogP contribution in [0.2, 0.25) is 0 Å². The van der Waals surface area contributed by atoms with E-state index in [-0.39, 0.29) is 17.7 Å². The van der Waals surface area contributed by atoms with Crippen LogP contribution < -0.4 is 10.6 Å². The van der Waals surface area contributed by atoms with Crippen LogP contribution in [0.1, 0.15) is 55.4 Å². The summed E-state index contributed by atoms with van der Waals surface area (Å²) < 4.78 is 5.40. The zero-order valence-electron chi connectivity index (χ0n) is 16.0. The van der Waals surface area contributed by atoms with Gasteiger partial charge in [0.1, 0.15) is 10.5 Å². The number of ether oxygens (including phenoxy) is 1. The number of nitrogens with one attached hydrogen (secondary N) is 2. The van der Waals surface area contributed by atoms with E-state index < -0.39 is 11.7 Å². The van der Waals surface area contributed by atoms with Crippen molar-refractivity contribution in [3.8, 4) is 0 Å². The Hall–Kier alpha value is -2.16. The highest BCUT2D eigenvalue weighted by Gasteiger charge is 2.31. The van der Waals surface area contributed by atoms with E-state index >= 15 is 0 Å². The summed E-state index contributed by atoms with van der Waals surface area (Å²) in [5.41, 5.74) is 0.176. The first-order chi connectivity index (χ1) is 12.7. The first kappa shape index (κ1) is 19.6. The van der Waals surface area contributed by atoms with Gasteiger partial charge in [0.15, 0.2) is 5.13 Å². The average molecular weight is 394 g/mol. The summed E-state index contributed by atoms with van der Waals surface area (Å²) in [6, 6.07) is 0. The molecule has 1 aromatic heterocycles. The fourth-order valence-electron chi connectivity index (χ4n) is 3.18. The molecule has 27 heavy (non-hydrogen) atoms. The van der Waals surface area contributed by atoms with Crippen molar-refractivity contribution in [2.75, 3.05) is 25.0 Å². The third-order valence-electron chi connectivity index (χ3n) is 4.45. The summed E-state index contributed by atoms with van der Waals surface area (Å²) in [5, 5.41) is 6.10. The minimum absolute atomic E-state index is 0.130. The van der Waals surface area contributed by atoms with Gasteiger partial charge in [-0.15, -0.1) is 0 Å². The lowest BCUT2D eigenvalue weighted by atomic mass is 9.97. The van der Waals surface area contributed by atoms with Gasteiger partial charge in [-0.2, -0.15) is 0 Å². The Bertz CT molecular complexity index is 740. The number of aryl methyl sites for hydroxylation is 1. The molecule has 148 valence electrons. The molecule has 0 spiro atoms. The quantitative estimate of drug-likeness (QED) is 0.802. The molecule has 1 atom stereocenters. The number of hydrogen-bond donors (Lipinski definition) is 2. The van der Waals surface area contributed by atoms with Crippen molar-refractivity contribution in [1.29, 1.82) is 0 Å². The van der Waals surface area contributed by atoms with Crippen LogP contribution in [-0.2, 0) is 16.0 Å². The van der Waals surface area contributed by atoms with Crippen LogP contribution in [-0.4, -0.2) is 53.0 Å². The number of nitrogens with zero attached hydrogens (tertiary/aromatic N) is 2. The Morgan fingerprint density at radius 1 is 1.33 bits per heavy atom. The third-order valence-corrected chi connectivity index (χ3v) is 5.47. The summed E-state index contributed by atoms with van der Waals surface area (Å²) in [6.45, 7) is 7.02. The molecule has 0 aromatic carbocycles. The number of rotatable bonds is 2. The van der Waals surface area contributed by atoms with Gasteiger partial charge in [-0.25, -0.2) is 9.78 Å². The third kappa shape index (κ3) is 4.97. The van der Waals surface area contributed by atoms with Crippen molar-refractivity contribution in [1.82, 2.24) is 15.2 Å². The summed E-state index contributed by atoms with van der Waals surface area (Å²) in [6.07, 6.45) is 2.61. The second-order valence-electron chi connectivity index (χ2n) is 7.91. The second-order valence-corrected chi connectivity index (χ2v) is 8.91. The molecule has 2 N–H and O–H groups in total. The molecule has 2 aliphatic heterocycles. The maximum atomic E-state index is 12.7. The number of likely N-dealkylation sites (tertiary alicyclic amines) is 1. The molecule has 9 heteroatoms. The molecule has 3 rings (SSSR count). The predicted molar refractivity (Wildman–Crippen MR) is 102 cm³/mol. The molecule has 0 bridgehead atoms. The number of carbonyl (C=O) groups is 3. The standard InChI is InChI=1S/C18H26N4O4S/c1-18(2,3)26-17(25)22-9-5-6-11(10-22)14(23)21-16-20-12-7-4-8-19-15(24)13(12)27-16/h11H,4-10H2,1-3H3,(H,19,24)(H,20,21,23)/t11-/m1/s1. The smallest absolute Gasteiger partial charge is 0.410 e. The van der Waals surface area contributed by atoms with E-state index in [2.05, 4.69) is 15.6 Å². The van der Waals surface area contributed by atoms with Crippen LogP contribution in [0.15, 0.2) is 0 Å². The molecule has 1 saturated heterocycles. The van der Waals surface area contributed by atoms with E-state index in [0.717, 1.165) is 25.0 Å². The monoisotopic (exact) mass is 394 g/mol. The number of amides is 3. The van der Waals surface area contributed by atoms with Crippen LogP contribution in [0.3, 0.4) is 0 Å². The maximum Gasteiger partial charge on any atom is 0.410 e. The summed E-state index contributed by atoms with van der Waals surface area (Å²) in [7, 11) is 0. The van der Waals surface area contributed by atoms with Gasteiger partial charge in [0.05, 0.1) is 11.6 Å². The van der Waals surface area contributed by atoms with Crippen molar-refractivity contribution in [2.24, 2.45) is 5.92 Å². The van der Waals surface area contributed by atoms with Crippen molar-refractivity contribution in [3.63, 3.8) is 0 Å². The molecule has 1 aromatic rings. The van der Waals surface area contributed by atoms with Crippen molar-refractivity contribution >= 4 is 34.4 Å². The van der Waals surface area contributed by atoms with E-state index in [1.165, 1.54) is 11.3 Å². The van der Waals surface area contributed by atoms with E-state index in [1.54, 1.807) is 4.90 Å². The molecule has 0 saturated carbocycles. The highest BCUT2D eigenvalue weighted by atomic mass is 32.1. The molecule has 1 fully saturated rings. The molecule has 3 amide bonds. The fraction of sp³-hybridized carbons (Fsp3) is 0.667. The molecule has 0 unspecified atom stereocenters. The number of hydrogen-bond acceptors (Lipinski definition) is 6. The average Bonchev–Trinajstić information content (AvgIpc) is 2.92. The lowest BCUT2D eigenvalue weighted by Crippen LogP contribution is -2.45. The normalized spacial score (nSPS) is 20.3. The minimum Gasteiger partial charge on any atom is -0.444 e. The molecule has 0 aliphatic carbocycles. The highest BCUT2D eigenvalue weighted by Crippen LogP contribution is 2.27. The Morgan fingerprint density at radius 2 is 2.11 bits per heavy atom. The van der Waals surface area contributed by atoms with Crippen molar-refractivity contribution in [3.05, 3.63) is 10.6 Å². The van der Waals surface area contributed by atoms with Gasteiger partial charge in [-0.05, 0) is 46.5 Å². The van der Waals surface area contributed by atoms with Gasteiger partial charge in [0, 0.05) is 19.6 Å². The van der Waals surface area contributed by atoms with Crippen LogP contribution >= 0.6 is 11.3 Å². The fourth-order valence-corrected chi connectivity index (χ4v) is 4.11. The first-order valence-electron chi connectivity index (χ1n) is 9.29. The Kier molecular flexibility index (Phi) is 5.69. The minimum atomic E-state index is -0.564. The topological polar surface area (TPSA) is 101 Å². The summed E-state index contributed by atoms with van der Waals surface area (Å²) >= 11 is 1.20. The number of fused-ring (bicyclic) bond motifs is 1. The van der Waals surface area contributed by atoms with E-state index in [1.807, 2.05) is 20.8 Å². The number of thiazole rings is 1. The lowest BCUT2D eigenvalue weighted by molar-refractivity contribution is -0.121. The van der Waals surface area contributed by atoms with Crippen molar-refractivity contribution in [2.45, 2.75) is 52.1 Å². The largest absolute Gasteiger partial charge is 0.444 e. The zero-order valence-corrected chi connectivity index (χ0v) is 16.8. The SMILES string of the molecule is CC(C)(C)OC(=O)N1CCC[C@@H](C(=O)Nc2nc3c(s2)C(=O)NCCC3)C1. The number of aromatic nitrogens is 1. The van der Waals surface area contributed by atoms with Crippen molar-refractivity contribution < 1.29 is 19.1 Å². The molecule has 3 heterocycles. The molecular weight excluding hydrogens is 368 g/mol. The Morgan fingerprint density at radius 3 is 2.85 bits per heavy atom. The molecule has 0 radical (unpaired) electrons. The molecular formula is C18H26N4O4S. The maximum absolute atomic E-state index is 12.7. The van der Waals surface area contributed by atoms with Crippen LogP contribution in [0.4, 0.5) is 9.93 Å². The Balaban J connectivity index is 1.62. The zero-order chi connectivity index (χ0) is 19.6. The predicted octanol–water partition coefficient (Wildman–Crippen LogP) is 2.40. The van der Waals surface area contributed by atoms with Gasteiger partial charge in [-0.1, -0.05) is 11.3 Å². The lowest BCUT2D eigenvalue weighted by Gasteiger charge is -2.33. The van der Waals surface area contributed by atoms with Crippen LogP contribution in [0.25, 0.3) is 0 Å². The van der Waals surface area contributed by atoms with E-state index in [4.69, 9.17) is 4.74 Å². The van der Waals surface area contributed by atoms with Gasteiger partial charge in [-0.3, -0.25) is 9.59 Å². The van der Waals surface area contributed by atoms with E-state index in [0.29, 0.717) is 36.1 Å². The van der Waals surface area contributed by atoms with Gasteiger partial charge in [0.2, 0.25) is 5.91 Å². The van der Waals surface area contributed by atoms with Gasteiger partial charge in [0.25, 0.3) is 5.91 Å². The highest BCUT2D eigenvalue weighted by molar-refractivity contribution is 7.17. The van der Waals surface area contributed by atoms with Gasteiger partial charge >= 0.3 is 6.09 Å².